The summed E-state index contributed by atoms with van der Waals surface area (Å²) in [6, 6.07) is 3.51. The molecular formula is C8H10ClF2N. The first-order chi connectivity index (χ1) is 5.24. The highest BCUT2D eigenvalue weighted by Crippen LogP contribution is 2.08. The maximum atomic E-state index is 12.7. The van der Waals surface area contributed by atoms with Crippen LogP contribution < -0.4 is 5.73 Å². The van der Waals surface area contributed by atoms with Crippen LogP contribution >= 0.6 is 12.4 Å². The topological polar surface area (TPSA) is 26.0 Å². The first kappa shape index (κ1) is 11.3. The van der Waals surface area contributed by atoms with E-state index in [1.54, 1.807) is 0 Å². The minimum absolute atomic E-state index is 0. The molecule has 1 aromatic carbocycles. The van der Waals surface area contributed by atoms with Crippen molar-refractivity contribution in [3.05, 3.63) is 35.4 Å². The van der Waals surface area contributed by atoms with Crippen molar-refractivity contribution >= 4 is 12.4 Å². The quantitative estimate of drug-likeness (QED) is 0.763. The van der Waals surface area contributed by atoms with Crippen LogP contribution in [0.1, 0.15) is 5.56 Å². The summed E-state index contributed by atoms with van der Waals surface area (Å²) in [7, 11) is 0. The van der Waals surface area contributed by atoms with Crippen LogP contribution in [0.2, 0.25) is 0 Å². The third-order valence-electron chi connectivity index (χ3n) is 1.43. The average molecular weight is 194 g/mol. The average Bonchev–Trinajstić information content (AvgIpc) is 1.95. The van der Waals surface area contributed by atoms with Crippen molar-refractivity contribution < 1.29 is 8.78 Å². The largest absolute Gasteiger partial charge is 0.330 e. The van der Waals surface area contributed by atoms with Crippen molar-refractivity contribution in [1.82, 2.24) is 0 Å². The number of nitrogens with two attached hydrogens (primary N) is 1. The summed E-state index contributed by atoms with van der Waals surface area (Å²) in [5.74, 6) is -1.07. The molecule has 1 rings (SSSR count). The highest BCUT2D eigenvalue weighted by atomic mass is 35.5. The molecule has 0 fully saturated rings. The van der Waals surface area contributed by atoms with Crippen LogP contribution in [0.4, 0.5) is 8.78 Å². The normalized spacial score (nSPS) is 9.25. The molecule has 0 aliphatic heterocycles. The van der Waals surface area contributed by atoms with Gasteiger partial charge < -0.3 is 5.73 Å². The maximum absolute atomic E-state index is 12.7. The Bertz CT molecular complexity index is 253. The molecule has 68 valence electrons. The van der Waals surface area contributed by atoms with E-state index in [0.717, 1.165) is 6.07 Å². The number of hydrogen-bond donors (Lipinski definition) is 1. The molecule has 1 aromatic rings. The molecule has 0 amide bonds. The van der Waals surface area contributed by atoms with Crippen molar-refractivity contribution in [3.63, 3.8) is 0 Å². The van der Waals surface area contributed by atoms with Crippen molar-refractivity contribution in [2.45, 2.75) is 6.42 Å². The third-order valence-corrected chi connectivity index (χ3v) is 1.43. The Labute approximate surface area is 76.0 Å². The van der Waals surface area contributed by atoms with Crippen LogP contribution in [0.25, 0.3) is 0 Å². The predicted octanol–water partition coefficient (Wildman–Crippen LogP) is 1.89. The van der Waals surface area contributed by atoms with Gasteiger partial charge in [-0.25, -0.2) is 8.78 Å². The molecule has 0 unspecified atom stereocenters. The van der Waals surface area contributed by atoms with E-state index in [1.807, 2.05) is 0 Å². The molecule has 0 radical (unpaired) electrons. The fourth-order valence-corrected chi connectivity index (χ4v) is 0.880. The number of rotatable bonds is 2. The first-order valence-electron chi connectivity index (χ1n) is 3.38. The minimum atomic E-state index is -0.553. The standard InChI is InChI=1S/C8H9F2N.ClH/c9-7-2-1-6(3-4-11)8(10)5-7;/h1-2,5H,3-4,11H2;1H. The van der Waals surface area contributed by atoms with Gasteiger partial charge in [0.15, 0.2) is 0 Å². The summed E-state index contributed by atoms with van der Waals surface area (Å²) in [5.41, 5.74) is 5.67. The SMILES string of the molecule is Cl.NCCc1ccc(F)cc1F. The van der Waals surface area contributed by atoms with Gasteiger partial charge in [0.25, 0.3) is 0 Å². The number of halogens is 3. The molecule has 0 saturated carbocycles. The van der Waals surface area contributed by atoms with E-state index in [-0.39, 0.29) is 12.4 Å². The Hall–Kier alpha value is -0.670. The molecule has 0 atom stereocenters. The lowest BCUT2D eigenvalue weighted by Crippen LogP contribution is -2.04. The van der Waals surface area contributed by atoms with Crippen LogP contribution in [0, 0.1) is 11.6 Å². The van der Waals surface area contributed by atoms with Gasteiger partial charge in [-0.3, -0.25) is 0 Å². The van der Waals surface area contributed by atoms with Crippen molar-refractivity contribution in [2.24, 2.45) is 5.73 Å². The Morgan fingerprint density at radius 2 is 1.92 bits per heavy atom. The van der Waals surface area contributed by atoms with E-state index in [9.17, 15) is 8.78 Å². The molecule has 1 nitrogen and oxygen atoms in total. The summed E-state index contributed by atoms with van der Waals surface area (Å²) in [5, 5.41) is 0. The summed E-state index contributed by atoms with van der Waals surface area (Å²) in [6.07, 6.45) is 0.451. The second kappa shape index (κ2) is 5.06. The lowest BCUT2D eigenvalue weighted by Gasteiger charge is -1.99. The van der Waals surface area contributed by atoms with Gasteiger partial charge in [-0.05, 0) is 24.6 Å². The van der Waals surface area contributed by atoms with Crippen molar-refractivity contribution in [1.29, 1.82) is 0 Å². The van der Waals surface area contributed by atoms with Crippen LogP contribution in [0.3, 0.4) is 0 Å². The van der Waals surface area contributed by atoms with Gasteiger partial charge in [-0.2, -0.15) is 0 Å². The zero-order chi connectivity index (χ0) is 8.27. The highest BCUT2D eigenvalue weighted by Gasteiger charge is 2.01. The van der Waals surface area contributed by atoms with Gasteiger partial charge in [0.2, 0.25) is 0 Å². The molecule has 0 heterocycles. The first-order valence-corrected chi connectivity index (χ1v) is 3.38. The molecule has 2 N–H and O–H groups in total. The Balaban J connectivity index is 0.00000121. The fraction of sp³-hybridized carbons (Fsp3) is 0.250. The van der Waals surface area contributed by atoms with Gasteiger partial charge in [-0.15, -0.1) is 12.4 Å². The predicted molar refractivity (Wildman–Crippen MR) is 46.4 cm³/mol. The summed E-state index contributed by atoms with van der Waals surface area (Å²) in [4.78, 5) is 0. The lowest BCUT2D eigenvalue weighted by atomic mass is 10.1. The molecule has 0 saturated heterocycles. The minimum Gasteiger partial charge on any atom is -0.330 e. The van der Waals surface area contributed by atoms with E-state index < -0.39 is 11.6 Å². The monoisotopic (exact) mass is 193 g/mol. The molecule has 12 heavy (non-hydrogen) atoms. The molecular weight excluding hydrogens is 184 g/mol. The zero-order valence-electron chi connectivity index (χ0n) is 6.39. The zero-order valence-corrected chi connectivity index (χ0v) is 7.20. The summed E-state index contributed by atoms with van der Waals surface area (Å²) >= 11 is 0. The Kier molecular flexibility index (Phi) is 4.78. The van der Waals surface area contributed by atoms with Crippen LogP contribution in [-0.4, -0.2) is 6.54 Å². The Morgan fingerprint density at radius 3 is 2.42 bits per heavy atom. The van der Waals surface area contributed by atoms with Gasteiger partial charge in [-0.1, -0.05) is 6.07 Å². The summed E-state index contributed by atoms with van der Waals surface area (Å²) < 4.78 is 25.1. The van der Waals surface area contributed by atoms with Gasteiger partial charge in [0, 0.05) is 6.07 Å². The smallest absolute Gasteiger partial charge is 0.129 e. The molecule has 0 aliphatic carbocycles. The maximum Gasteiger partial charge on any atom is 0.129 e. The second-order valence-electron chi connectivity index (χ2n) is 2.27. The molecule has 0 aromatic heterocycles. The summed E-state index contributed by atoms with van der Waals surface area (Å²) in [6.45, 7) is 0.378. The van der Waals surface area contributed by atoms with Crippen LogP contribution in [-0.2, 0) is 6.42 Å². The van der Waals surface area contributed by atoms with Crippen LogP contribution in [0.15, 0.2) is 18.2 Å². The van der Waals surface area contributed by atoms with Crippen molar-refractivity contribution in [2.75, 3.05) is 6.54 Å². The number of hydrogen-bond acceptors (Lipinski definition) is 1. The molecule has 0 spiro atoms. The molecule has 0 aliphatic rings. The highest BCUT2D eigenvalue weighted by molar-refractivity contribution is 5.85. The van der Waals surface area contributed by atoms with E-state index >= 15 is 0 Å². The lowest BCUT2D eigenvalue weighted by molar-refractivity contribution is 0.572. The number of benzene rings is 1. The van der Waals surface area contributed by atoms with E-state index in [4.69, 9.17) is 5.73 Å². The van der Waals surface area contributed by atoms with Gasteiger partial charge >= 0.3 is 0 Å². The van der Waals surface area contributed by atoms with E-state index in [2.05, 4.69) is 0 Å². The molecule has 4 heteroatoms. The Morgan fingerprint density at radius 1 is 1.25 bits per heavy atom. The third kappa shape index (κ3) is 2.75. The van der Waals surface area contributed by atoms with E-state index in [0.29, 0.717) is 18.5 Å². The van der Waals surface area contributed by atoms with Crippen LogP contribution in [0.5, 0.6) is 0 Å². The van der Waals surface area contributed by atoms with E-state index in [1.165, 1.54) is 12.1 Å². The second-order valence-corrected chi connectivity index (χ2v) is 2.27. The van der Waals surface area contributed by atoms with Gasteiger partial charge in [0.1, 0.15) is 11.6 Å². The van der Waals surface area contributed by atoms with Crippen molar-refractivity contribution in [3.8, 4) is 0 Å². The van der Waals surface area contributed by atoms with Gasteiger partial charge in [0.05, 0.1) is 0 Å². The fourth-order valence-electron chi connectivity index (χ4n) is 0.880. The molecule has 0 bridgehead atoms.